The van der Waals surface area contributed by atoms with Gasteiger partial charge in [0.05, 0.1) is 12.7 Å². The van der Waals surface area contributed by atoms with Crippen molar-refractivity contribution in [1.82, 2.24) is 9.55 Å². The van der Waals surface area contributed by atoms with E-state index in [2.05, 4.69) is 4.98 Å². The number of H-pyrrole nitrogens is 1. The van der Waals surface area contributed by atoms with E-state index >= 15 is 0 Å². The number of ether oxygens (including phenoxy) is 1. The molecule has 1 saturated heterocycles. The number of hydrogen-bond acceptors (Lipinski definition) is 5. The van der Waals surface area contributed by atoms with Crippen LogP contribution in [0.2, 0.25) is 0 Å². The molecule has 2 heterocycles. The van der Waals surface area contributed by atoms with Gasteiger partial charge in [-0.3, -0.25) is 14.3 Å². The van der Waals surface area contributed by atoms with Gasteiger partial charge in [0.2, 0.25) is 0 Å². The zero-order valence-electron chi connectivity index (χ0n) is 10.00. The first-order valence-electron chi connectivity index (χ1n) is 5.85. The number of aliphatic hydroxyl groups excluding tert-OH is 2. The van der Waals surface area contributed by atoms with Crippen LogP contribution in [0.15, 0.2) is 15.8 Å². The number of rotatable bonds is 3. The smallest absolute Gasteiger partial charge is 0.330 e. The van der Waals surface area contributed by atoms with Crippen LogP contribution in [-0.4, -0.2) is 38.6 Å². The van der Waals surface area contributed by atoms with Gasteiger partial charge in [-0.25, -0.2) is 4.79 Å². The zero-order chi connectivity index (χ0) is 13.3. The van der Waals surface area contributed by atoms with Crippen LogP contribution in [-0.2, 0) is 11.2 Å². The van der Waals surface area contributed by atoms with E-state index in [4.69, 9.17) is 9.84 Å². The number of aliphatic hydroxyl groups is 2. The Labute approximate surface area is 103 Å². The fourth-order valence-electron chi connectivity index (χ4n) is 2.04. The van der Waals surface area contributed by atoms with Crippen LogP contribution < -0.4 is 11.2 Å². The Morgan fingerprint density at radius 1 is 1.56 bits per heavy atom. The fraction of sp³-hybridized carbons (Fsp3) is 0.636. The van der Waals surface area contributed by atoms with Crippen LogP contribution in [0.4, 0.5) is 0 Å². The largest absolute Gasteiger partial charge is 0.394 e. The Kier molecular flexibility index (Phi) is 3.65. The molecular weight excluding hydrogens is 240 g/mol. The molecule has 2 rings (SSSR count). The molecule has 1 aliphatic heterocycles. The third-order valence-electron chi connectivity index (χ3n) is 3.12. The van der Waals surface area contributed by atoms with Gasteiger partial charge in [0, 0.05) is 18.2 Å². The van der Waals surface area contributed by atoms with Crippen molar-refractivity contribution >= 4 is 0 Å². The number of nitrogens with one attached hydrogen (secondary N) is 1. The summed E-state index contributed by atoms with van der Waals surface area (Å²) in [5, 5.41) is 18.6. The molecule has 0 saturated carbocycles. The van der Waals surface area contributed by atoms with Crippen LogP contribution in [0.25, 0.3) is 0 Å². The summed E-state index contributed by atoms with van der Waals surface area (Å²) in [6, 6.07) is 0. The van der Waals surface area contributed by atoms with Gasteiger partial charge in [-0.2, -0.15) is 0 Å². The maximum Gasteiger partial charge on any atom is 0.330 e. The lowest BCUT2D eigenvalue weighted by Gasteiger charge is -2.14. The molecular formula is C11H16N2O5. The molecule has 7 heteroatoms. The standard InChI is InChI=1S/C11H16N2O5/c1-2-6-4-13(11(17)12-10(6)16)9-3-7(15)8(5-14)18-9/h4,7-9,14-15H,2-3,5H2,1H3,(H,12,16,17)/t7?,8-,9-/m1/s1. The van der Waals surface area contributed by atoms with Crippen molar-refractivity contribution in [3.05, 3.63) is 32.6 Å². The molecule has 0 amide bonds. The molecule has 1 aromatic heterocycles. The van der Waals surface area contributed by atoms with E-state index in [1.165, 1.54) is 10.8 Å². The van der Waals surface area contributed by atoms with Gasteiger partial charge in [0.25, 0.3) is 5.56 Å². The lowest BCUT2D eigenvalue weighted by Crippen LogP contribution is -2.34. The summed E-state index contributed by atoms with van der Waals surface area (Å²) >= 11 is 0. The summed E-state index contributed by atoms with van der Waals surface area (Å²) in [5.74, 6) is 0. The summed E-state index contributed by atoms with van der Waals surface area (Å²) in [5.41, 5.74) is -0.510. The highest BCUT2D eigenvalue weighted by Gasteiger charge is 2.35. The van der Waals surface area contributed by atoms with Gasteiger partial charge in [0.15, 0.2) is 0 Å². The molecule has 3 N–H and O–H groups in total. The van der Waals surface area contributed by atoms with Crippen LogP contribution in [0.5, 0.6) is 0 Å². The molecule has 0 bridgehead atoms. The minimum absolute atomic E-state index is 0.209. The third kappa shape index (κ3) is 2.24. The first kappa shape index (κ1) is 13.0. The van der Waals surface area contributed by atoms with E-state index < -0.39 is 29.7 Å². The van der Waals surface area contributed by atoms with Gasteiger partial charge < -0.3 is 14.9 Å². The molecule has 1 aromatic rings. The van der Waals surface area contributed by atoms with E-state index in [-0.39, 0.29) is 13.0 Å². The first-order valence-corrected chi connectivity index (χ1v) is 5.85. The predicted molar refractivity (Wildman–Crippen MR) is 62.3 cm³/mol. The molecule has 3 atom stereocenters. The molecule has 1 unspecified atom stereocenters. The lowest BCUT2D eigenvalue weighted by atomic mass is 10.2. The van der Waals surface area contributed by atoms with Gasteiger partial charge >= 0.3 is 5.69 Å². The highest BCUT2D eigenvalue weighted by Crippen LogP contribution is 2.27. The van der Waals surface area contributed by atoms with Crippen molar-refractivity contribution in [2.75, 3.05) is 6.61 Å². The number of aryl methyl sites for hydroxylation is 1. The number of hydrogen-bond donors (Lipinski definition) is 3. The molecule has 0 aliphatic carbocycles. The predicted octanol–water partition coefficient (Wildman–Crippen LogP) is -1.26. The minimum atomic E-state index is -0.816. The first-order chi connectivity index (χ1) is 8.56. The number of aromatic amines is 1. The summed E-state index contributed by atoms with van der Waals surface area (Å²) in [6.45, 7) is 1.50. The summed E-state index contributed by atoms with van der Waals surface area (Å²) in [4.78, 5) is 25.3. The molecule has 0 radical (unpaired) electrons. The van der Waals surface area contributed by atoms with E-state index in [1.807, 2.05) is 0 Å². The van der Waals surface area contributed by atoms with Crippen molar-refractivity contribution in [1.29, 1.82) is 0 Å². The molecule has 0 spiro atoms. The molecule has 7 nitrogen and oxygen atoms in total. The van der Waals surface area contributed by atoms with Crippen molar-refractivity contribution in [3.63, 3.8) is 0 Å². The minimum Gasteiger partial charge on any atom is -0.394 e. The fourth-order valence-corrected chi connectivity index (χ4v) is 2.04. The highest BCUT2D eigenvalue weighted by atomic mass is 16.5. The Bertz CT molecular complexity index is 535. The van der Waals surface area contributed by atoms with Crippen molar-refractivity contribution in [3.8, 4) is 0 Å². The molecule has 1 aliphatic rings. The number of aromatic nitrogens is 2. The monoisotopic (exact) mass is 256 g/mol. The van der Waals surface area contributed by atoms with Crippen LogP contribution in [0.3, 0.4) is 0 Å². The third-order valence-corrected chi connectivity index (χ3v) is 3.12. The molecule has 0 aromatic carbocycles. The quantitative estimate of drug-likeness (QED) is 0.626. The van der Waals surface area contributed by atoms with E-state index in [0.29, 0.717) is 12.0 Å². The van der Waals surface area contributed by atoms with Crippen molar-refractivity contribution in [2.24, 2.45) is 0 Å². The van der Waals surface area contributed by atoms with Crippen LogP contribution in [0.1, 0.15) is 25.1 Å². The summed E-state index contributed by atoms with van der Waals surface area (Å²) in [7, 11) is 0. The van der Waals surface area contributed by atoms with Crippen LogP contribution in [0, 0.1) is 0 Å². The van der Waals surface area contributed by atoms with Gasteiger partial charge in [-0.15, -0.1) is 0 Å². The van der Waals surface area contributed by atoms with E-state index in [9.17, 15) is 14.7 Å². The average Bonchev–Trinajstić information content (AvgIpc) is 2.70. The summed E-state index contributed by atoms with van der Waals surface area (Å²) in [6.07, 6.45) is -0.0259. The van der Waals surface area contributed by atoms with Crippen molar-refractivity contribution in [2.45, 2.75) is 38.2 Å². The Hall–Kier alpha value is -1.44. The zero-order valence-corrected chi connectivity index (χ0v) is 10.00. The molecule has 100 valence electrons. The molecule has 1 fully saturated rings. The normalized spacial score (nSPS) is 27.6. The topological polar surface area (TPSA) is 105 Å². The van der Waals surface area contributed by atoms with Gasteiger partial charge in [-0.05, 0) is 6.42 Å². The second-order valence-electron chi connectivity index (χ2n) is 4.29. The SMILES string of the molecule is CCc1cn([C@H]2CC(O)[C@@H](CO)O2)c(=O)[nH]c1=O. The highest BCUT2D eigenvalue weighted by molar-refractivity contribution is 5.04. The lowest BCUT2D eigenvalue weighted by molar-refractivity contribution is -0.0459. The Morgan fingerprint density at radius 3 is 2.83 bits per heavy atom. The van der Waals surface area contributed by atoms with Crippen LogP contribution >= 0.6 is 0 Å². The maximum absolute atomic E-state index is 11.7. The molecule has 18 heavy (non-hydrogen) atoms. The van der Waals surface area contributed by atoms with E-state index in [1.54, 1.807) is 6.92 Å². The Balaban J connectivity index is 2.35. The van der Waals surface area contributed by atoms with Gasteiger partial charge in [0.1, 0.15) is 12.3 Å². The summed E-state index contributed by atoms with van der Waals surface area (Å²) < 4.78 is 6.62. The Morgan fingerprint density at radius 2 is 2.28 bits per heavy atom. The second-order valence-corrected chi connectivity index (χ2v) is 4.29. The second kappa shape index (κ2) is 5.05. The average molecular weight is 256 g/mol. The van der Waals surface area contributed by atoms with Crippen molar-refractivity contribution < 1.29 is 14.9 Å². The van der Waals surface area contributed by atoms with Gasteiger partial charge in [-0.1, -0.05) is 6.92 Å². The maximum atomic E-state index is 11.7. The number of nitrogens with zero attached hydrogens (tertiary/aromatic N) is 1. The van der Waals surface area contributed by atoms with E-state index in [0.717, 1.165) is 0 Å².